The minimum Gasteiger partial charge on any atom is -0.393 e. The van der Waals surface area contributed by atoms with Crippen molar-refractivity contribution in [3.8, 4) is 0 Å². The van der Waals surface area contributed by atoms with Crippen molar-refractivity contribution < 1.29 is 15.0 Å². The first-order valence-corrected chi connectivity index (χ1v) is 12.6. The average Bonchev–Trinajstić information content (AvgIpc) is 3.47. The van der Waals surface area contributed by atoms with Gasteiger partial charge in [-0.1, -0.05) is 23.7 Å². The highest BCUT2D eigenvalue weighted by molar-refractivity contribution is 6.31. The molecule has 2 aromatic rings. The largest absolute Gasteiger partial charge is 0.393 e. The third-order valence-corrected chi connectivity index (χ3v) is 7.83. The Morgan fingerprint density at radius 3 is 2.68 bits per heavy atom. The molecule has 1 aromatic carbocycles. The molecule has 1 saturated heterocycles. The van der Waals surface area contributed by atoms with Gasteiger partial charge in [0.05, 0.1) is 12.7 Å². The second kappa shape index (κ2) is 9.68. The first-order valence-electron chi connectivity index (χ1n) is 12.2. The normalized spacial score (nSPS) is 23.2. The summed E-state index contributed by atoms with van der Waals surface area (Å²) in [5.74, 6) is 0.943. The van der Waals surface area contributed by atoms with E-state index in [-0.39, 0.29) is 24.7 Å². The highest BCUT2D eigenvalue weighted by atomic mass is 35.5. The number of hydrogen-bond donors (Lipinski definition) is 4. The maximum absolute atomic E-state index is 13.2. The van der Waals surface area contributed by atoms with Crippen molar-refractivity contribution in [1.29, 1.82) is 0 Å². The van der Waals surface area contributed by atoms with Gasteiger partial charge in [-0.3, -0.25) is 4.79 Å². The molecule has 0 radical (unpaired) electrons. The Morgan fingerprint density at radius 1 is 1.21 bits per heavy atom. The lowest BCUT2D eigenvalue weighted by Gasteiger charge is -2.26. The first-order chi connectivity index (χ1) is 16.4. The minimum atomic E-state index is -0.271. The Labute approximate surface area is 204 Å². The third-order valence-electron chi connectivity index (χ3n) is 7.48. The molecule has 1 aliphatic heterocycles. The van der Waals surface area contributed by atoms with Crippen LogP contribution in [-0.4, -0.2) is 51.3 Å². The third kappa shape index (κ3) is 5.14. The Balaban J connectivity index is 1.34. The monoisotopic (exact) mass is 485 g/mol. The van der Waals surface area contributed by atoms with Crippen LogP contribution < -0.4 is 15.5 Å². The standard InChI is InChI=1S/C25H32ClN5O3/c26-21-11-16(1-2-17(21)14-32)12-27-22-20(23(34)29-18-3-5-19(33)6-4-18)13-28-24(30-22)31-10-9-25(15-31)7-8-25/h1-2,11,13,18-19,32-33H,3-10,12,14-15H2,(H,29,34)(H,27,28,30)/t18-,19+. The summed E-state index contributed by atoms with van der Waals surface area (Å²) in [6.07, 6.45) is 8.00. The van der Waals surface area contributed by atoms with Gasteiger partial charge in [-0.05, 0) is 67.6 Å². The summed E-state index contributed by atoms with van der Waals surface area (Å²) < 4.78 is 0. The Bertz CT molecular complexity index is 1050. The number of aliphatic hydroxyl groups is 2. The number of anilines is 2. The molecular weight excluding hydrogens is 454 g/mol. The van der Waals surface area contributed by atoms with E-state index >= 15 is 0 Å². The Kier molecular flexibility index (Phi) is 6.64. The molecule has 9 heteroatoms. The molecule has 2 heterocycles. The summed E-state index contributed by atoms with van der Waals surface area (Å²) in [5.41, 5.74) is 2.46. The number of nitrogens with zero attached hydrogens (tertiary/aromatic N) is 3. The number of carbonyl (C=O) groups excluding carboxylic acids is 1. The number of aromatic nitrogens is 2. The zero-order valence-corrected chi connectivity index (χ0v) is 20.0. The molecule has 1 amide bonds. The van der Waals surface area contributed by atoms with Crippen molar-refractivity contribution in [2.24, 2.45) is 5.41 Å². The Morgan fingerprint density at radius 2 is 2.00 bits per heavy atom. The average molecular weight is 486 g/mol. The van der Waals surface area contributed by atoms with Crippen LogP contribution in [0.2, 0.25) is 5.02 Å². The van der Waals surface area contributed by atoms with Crippen molar-refractivity contribution in [1.82, 2.24) is 15.3 Å². The van der Waals surface area contributed by atoms with E-state index in [0.717, 1.165) is 31.5 Å². The quantitative estimate of drug-likeness (QED) is 0.476. The molecule has 34 heavy (non-hydrogen) atoms. The molecular formula is C25H32ClN5O3. The van der Waals surface area contributed by atoms with Crippen LogP contribution in [0.3, 0.4) is 0 Å². The molecule has 0 bridgehead atoms. The Hall–Kier alpha value is -2.42. The molecule has 4 N–H and O–H groups in total. The van der Waals surface area contributed by atoms with Gasteiger partial charge in [0, 0.05) is 36.9 Å². The highest BCUT2D eigenvalue weighted by Gasteiger charge is 2.48. The van der Waals surface area contributed by atoms with Gasteiger partial charge in [0.25, 0.3) is 5.91 Å². The van der Waals surface area contributed by atoms with Crippen LogP contribution in [-0.2, 0) is 13.2 Å². The lowest BCUT2D eigenvalue weighted by atomic mass is 9.93. The maximum Gasteiger partial charge on any atom is 0.256 e. The van der Waals surface area contributed by atoms with Crippen LogP contribution >= 0.6 is 11.6 Å². The number of aliphatic hydroxyl groups excluding tert-OH is 2. The number of hydrogen-bond acceptors (Lipinski definition) is 7. The lowest BCUT2D eigenvalue weighted by molar-refractivity contribution is 0.0867. The molecule has 5 rings (SSSR count). The zero-order valence-electron chi connectivity index (χ0n) is 19.3. The second-order valence-corrected chi connectivity index (χ2v) is 10.4. The van der Waals surface area contributed by atoms with Gasteiger partial charge in [-0.15, -0.1) is 0 Å². The van der Waals surface area contributed by atoms with Gasteiger partial charge in [0.1, 0.15) is 11.4 Å². The molecule has 1 aromatic heterocycles. The molecule has 8 nitrogen and oxygen atoms in total. The van der Waals surface area contributed by atoms with Crippen molar-refractivity contribution in [2.45, 2.75) is 70.2 Å². The van der Waals surface area contributed by atoms with E-state index in [4.69, 9.17) is 16.6 Å². The predicted molar refractivity (Wildman–Crippen MR) is 131 cm³/mol. The van der Waals surface area contributed by atoms with Crippen LogP contribution in [0.5, 0.6) is 0 Å². The van der Waals surface area contributed by atoms with Gasteiger partial charge in [-0.2, -0.15) is 4.98 Å². The van der Waals surface area contributed by atoms with Gasteiger partial charge < -0.3 is 25.7 Å². The van der Waals surface area contributed by atoms with Gasteiger partial charge in [-0.25, -0.2) is 4.98 Å². The van der Waals surface area contributed by atoms with Crippen LogP contribution in [0.25, 0.3) is 0 Å². The van der Waals surface area contributed by atoms with Crippen LogP contribution in [0.4, 0.5) is 11.8 Å². The number of benzene rings is 1. The summed E-state index contributed by atoms with van der Waals surface area (Å²) in [6.45, 7) is 2.23. The highest BCUT2D eigenvalue weighted by Crippen LogP contribution is 2.53. The van der Waals surface area contributed by atoms with Gasteiger partial charge >= 0.3 is 0 Å². The smallest absolute Gasteiger partial charge is 0.256 e. The SMILES string of the molecule is O=C(N[C@H]1CC[C@@H](O)CC1)c1cnc(N2CCC3(CC3)C2)nc1NCc1ccc(CO)c(Cl)c1. The fourth-order valence-corrected chi connectivity index (χ4v) is 5.28. The molecule has 3 fully saturated rings. The summed E-state index contributed by atoms with van der Waals surface area (Å²) in [6, 6.07) is 5.56. The number of carbonyl (C=O) groups is 1. The molecule has 2 aliphatic carbocycles. The van der Waals surface area contributed by atoms with Crippen molar-refractivity contribution in [2.75, 3.05) is 23.3 Å². The summed E-state index contributed by atoms with van der Waals surface area (Å²) in [7, 11) is 0. The van der Waals surface area contributed by atoms with E-state index in [1.54, 1.807) is 12.3 Å². The van der Waals surface area contributed by atoms with E-state index in [9.17, 15) is 15.0 Å². The summed E-state index contributed by atoms with van der Waals surface area (Å²) in [5, 5.41) is 26.0. The van der Waals surface area contributed by atoms with E-state index in [1.807, 2.05) is 12.1 Å². The number of halogens is 1. The maximum atomic E-state index is 13.2. The molecule has 3 aliphatic rings. The molecule has 1 spiro atoms. The predicted octanol–water partition coefficient (Wildman–Crippen LogP) is 3.26. The van der Waals surface area contributed by atoms with E-state index in [2.05, 4.69) is 20.5 Å². The molecule has 182 valence electrons. The first kappa shape index (κ1) is 23.3. The molecule has 2 saturated carbocycles. The lowest BCUT2D eigenvalue weighted by Crippen LogP contribution is -2.39. The zero-order chi connectivity index (χ0) is 23.7. The molecule has 0 atom stereocenters. The van der Waals surface area contributed by atoms with E-state index < -0.39 is 0 Å². The number of rotatable bonds is 7. The van der Waals surface area contributed by atoms with Crippen LogP contribution in [0.15, 0.2) is 24.4 Å². The topological polar surface area (TPSA) is 111 Å². The van der Waals surface area contributed by atoms with Gasteiger partial charge in [0.15, 0.2) is 0 Å². The van der Waals surface area contributed by atoms with Crippen LogP contribution in [0, 0.1) is 5.41 Å². The molecule has 0 unspecified atom stereocenters. The number of nitrogens with one attached hydrogen (secondary N) is 2. The van der Waals surface area contributed by atoms with Gasteiger partial charge in [0.2, 0.25) is 5.95 Å². The summed E-state index contributed by atoms with van der Waals surface area (Å²) in [4.78, 5) is 24.7. The van der Waals surface area contributed by atoms with Crippen molar-refractivity contribution in [3.63, 3.8) is 0 Å². The number of amides is 1. The fourth-order valence-electron chi connectivity index (χ4n) is 5.01. The fraction of sp³-hybridized carbons (Fsp3) is 0.560. The van der Waals surface area contributed by atoms with Crippen molar-refractivity contribution in [3.05, 3.63) is 46.1 Å². The minimum absolute atomic E-state index is 0.0431. The van der Waals surface area contributed by atoms with Crippen LogP contribution in [0.1, 0.15) is 66.4 Å². The second-order valence-electron chi connectivity index (χ2n) is 10.0. The van der Waals surface area contributed by atoms with E-state index in [0.29, 0.717) is 52.7 Å². The van der Waals surface area contributed by atoms with Crippen molar-refractivity contribution >= 4 is 29.3 Å². The summed E-state index contributed by atoms with van der Waals surface area (Å²) >= 11 is 6.25. The van der Waals surface area contributed by atoms with E-state index in [1.165, 1.54) is 19.3 Å².